The van der Waals surface area contributed by atoms with E-state index in [0.29, 0.717) is 10.7 Å². The predicted octanol–water partition coefficient (Wildman–Crippen LogP) is 2.50. The average Bonchev–Trinajstić information content (AvgIpc) is 2.19. The molecule has 1 N–H and O–H groups in total. The van der Waals surface area contributed by atoms with Crippen molar-refractivity contribution in [2.75, 3.05) is 0 Å². The highest BCUT2D eigenvalue weighted by molar-refractivity contribution is 6.30. The molecule has 0 spiro atoms. The monoisotopic (exact) mass is 206 g/mol. The van der Waals surface area contributed by atoms with Gasteiger partial charge in [-0.25, -0.2) is 0 Å². The number of phenols is 1. The van der Waals surface area contributed by atoms with Gasteiger partial charge in [0.05, 0.1) is 16.9 Å². The molecule has 0 radical (unpaired) electrons. The van der Waals surface area contributed by atoms with E-state index in [9.17, 15) is 0 Å². The van der Waals surface area contributed by atoms with Gasteiger partial charge in [0, 0.05) is 5.56 Å². The van der Waals surface area contributed by atoms with E-state index >= 15 is 0 Å². The Hall–Kier alpha value is -1.61. The Bertz CT molecular complexity index is 442. The summed E-state index contributed by atoms with van der Waals surface area (Å²) in [6, 6.07) is 8.43. The van der Waals surface area contributed by atoms with Crippen molar-refractivity contribution in [3.05, 3.63) is 41.6 Å². The fourth-order valence-electron chi connectivity index (χ4n) is 1.12. The summed E-state index contributed by atoms with van der Waals surface area (Å²) < 4.78 is 0. The van der Waals surface area contributed by atoms with Gasteiger partial charge in [0.15, 0.2) is 0 Å². The van der Waals surface area contributed by atoms with Gasteiger partial charge in [0.25, 0.3) is 0 Å². The predicted molar refractivity (Wildman–Crippen MR) is 54.1 cm³/mol. The van der Waals surface area contributed by atoms with Crippen molar-refractivity contribution in [2.45, 2.75) is 0 Å². The molecule has 2 aromatic rings. The first-order chi connectivity index (χ1) is 6.75. The maximum absolute atomic E-state index is 9.10. The third-order valence-electron chi connectivity index (χ3n) is 1.78. The Balaban J connectivity index is 2.44. The molecule has 0 saturated heterocycles. The summed E-state index contributed by atoms with van der Waals surface area (Å²) in [6.07, 6.45) is 1.48. The molecule has 3 nitrogen and oxygen atoms in total. The lowest BCUT2D eigenvalue weighted by Gasteiger charge is -1.99. The van der Waals surface area contributed by atoms with Crippen molar-refractivity contribution in [3.8, 4) is 17.0 Å². The number of benzene rings is 1. The van der Waals surface area contributed by atoms with Gasteiger partial charge in [-0.3, -0.25) is 0 Å². The van der Waals surface area contributed by atoms with Crippen molar-refractivity contribution in [3.63, 3.8) is 0 Å². The summed E-state index contributed by atoms with van der Waals surface area (Å²) >= 11 is 5.77. The van der Waals surface area contributed by atoms with Crippen LogP contribution in [0.15, 0.2) is 36.5 Å². The molecule has 0 bridgehead atoms. The highest BCUT2D eigenvalue weighted by atomic mass is 35.5. The Kier molecular flexibility index (Phi) is 2.33. The molecule has 0 amide bonds. The van der Waals surface area contributed by atoms with Gasteiger partial charge in [0.2, 0.25) is 0 Å². The highest BCUT2D eigenvalue weighted by Gasteiger charge is 2.00. The number of nitrogens with zero attached hydrogens (tertiary/aromatic N) is 2. The average molecular weight is 207 g/mol. The second kappa shape index (κ2) is 3.64. The maximum Gasteiger partial charge on any atom is 0.115 e. The van der Waals surface area contributed by atoms with Crippen LogP contribution in [0.5, 0.6) is 5.75 Å². The van der Waals surface area contributed by atoms with Crippen LogP contribution in [0.1, 0.15) is 0 Å². The fourth-order valence-corrected chi connectivity index (χ4v) is 1.26. The molecule has 1 aromatic carbocycles. The summed E-state index contributed by atoms with van der Waals surface area (Å²) in [6.45, 7) is 0. The Morgan fingerprint density at radius 1 is 1.14 bits per heavy atom. The molecule has 0 atom stereocenters. The van der Waals surface area contributed by atoms with Crippen LogP contribution < -0.4 is 0 Å². The van der Waals surface area contributed by atoms with Gasteiger partial charge in [-0.05, 0) is 30.3 Å². The number of hydrogen-bond donors (Lipinski definition) is 1. The van der Waals surface area contributed by atoms with Crippen LogP contribution in [-0.4, -0.2) is 15.3 Å². The lowest BCUT2D eigenvalue weighted by atomic mass is 10.1. The number of halogens is 1. The molecule has 0 aliphatic rings. The van der Waals surface area contributed by atoms with Gasteiger partial charge in [0.1, 0.15) is 5.75 Å². The first kappa shape index (κ1) is 8.97. The van der Waals surface area contributed by atoms with E-state index in [4.69, 9.17) is 16.7 Å². The van der Waals surface area contributed by atoms with Gasteiger partial charge in [-0.15, -0.1) is 0 Å². The highest BCUT2D eigenvalue weighted by Crippen LogP contribution is 2.21. The number of hydrogen-bond acceptors (Lipinski definition) is 3. The van der Waals surface area contributed by atoms with Crippen molar-refractivity contribution in [1.82, 2.24) is 10.2 Å². The normalized spacial score (nSPS) is 10.1. The van der Waals surface area contributed by atoms with Crippen molar-refractivity contribution < 1.29 is 5.11 Å². The van der Waals surface area contributed by atoms with Crippen molar-refractivity contribution in [2.24, 2.45) is 0 Å². The van der Waals surface area contributed by atoms with E-state index in [-0.39, 0.29) is 5.75 Å². The quantitative estimate of drug-likeness (QED) is 0.780. The van der Waals surface area contributed by atoms with E-state index in [1.807, 2.05) is 0 Å². The van der Waals surface area contributed by atoms with E-state index in [2.05, 4.69) is 10.2 Å². The van der Waals surface area contributed by atoms with E-state index in [0.717, 1.165) is 5.56 Å². The second-order valence-corrected chi connectivity index (χ2v) is 3.24. The molecule has 0 unspecified atom stereocenters. The molecule has 1 aromatic heterocycles. The smallest absolute Gasteiger partial charge is 0.115 e. The van der Waals surface area contributed by atoms with Crippen LogP contribution in [0.2, 0.25) is 5.02 Å². The first-order valence-corrected chi connectivity index (χ1v) is 4.41. The summed E-state index contributed by atoms with van der Waals surface area (Å²) in [4.78, 5) is 0. The Morgan fingerprint density at radius 3 is 2.50 bits per heavy atom. The van der Waals surface area contributed by atoms with Gasteiger partial charge in [-0.1, -0.05) is 11.6 Å². The summed E-state index contributed by atoms with van der Waals surface area (Å²) in [5.74, 6) is 0.226. The molecular formula is C10H7ClN2O. The zero-order valence-corrected chi connectivity index (χ0v) is 7.94. The Morgan fingerprint density at radius 2 is 1.86 bits per heavy atom. The molecule has 0 aliphatic heterocycles. The minimum Gasteiger partial charge on any atom is -0.508 e. The summed E-state index contributed by atoms with van der Waals surface area (Å²) in [7, 11) is 0. The third-order valence-corrected chi connectivity index (χ3v) is 1.99. The van der Waals surface area contributed by atoms with Crippen LogP contribution in [-0.2, 0) is 0 Å². The van der Waals surface area contributed by atoms with Crippen LogP contribution in [0, 0.1) is 0 Å². The molecule has 1 heterocycles. The largest absolute Gasteiger partial charge is 0.508 e. The minimum atomic E-state index is 0.226. The van der Waals surface area contributed by atoms with Crippen molar-refractivity contribution >= 4 is 11.6 Å². The Labute approximate surface area is 86.0 Å². The van der Waals surface area contributed by atoms with E-state index in [1.54, 1.807) is 30.3 Å². The zero-order chi connectivity index (χ0) is 9.97. The lowest BCUT2D eigenvalue weighted by molar-refractivity contribution is 0.475. The van der Waals surface area contributed by atoms with Gasteiger partial charge >= 0.3 is 0 Å². The number of aromatic hydroxyl groups is 1. The number of phenolic OH excluding ortho intramolecular Hbond substituents is 1. The third kappa shape index (κ3) is 1.83. The SMILES string of the molecule is Oc1ccc(-c2cc(Cl)cnn2)cc1. The van der Waals surface area contributed by atoms with E-state index in [1.165, 1.54) is 6.20 Å². The molecule has 0 fully saturated rings. The first-order valence-electron chi connectivity index (χ1n) is 4.03. The molecule has 0 saturated carbocycles. The van der Waals surface area contributed by atoms with Crippen LogP contribution >= 0.6 is 11.6 Å². The topological polar surface area (TPSA) is 46.0 Å². The van der Waals surface area contributed by atoms with Crippen LogP contribution in [0.25, 0.3) is 11.3 Å². The van der Waals surface area contributed by atoms with Gasteiger partial charge in [-0.2, -0.15) is 10.2 Å². The standard InChI is InChI=1S/C10H7ClN2O/c11-8-5-10(13-12-6-8)7-1-3-9(14)4-2-7/h1-6,14H. The number of aromatic nitrogens is 2. The minimum absolute atomic E-state index is 0.226. The lowest BCUT2D eigenvalue weighted by Crippen LogP contribution is -1.85. The molecule has 70 valence electrons. The zero-order valence-electron chi connectivity index (χ0n) is 7.18. The number of rotatable bonds is 1. The van der Waals surface area contributed by atoms with E-state index < -0.39 is 0 Å². The fraction of sp³-hybridized carbons (Fsp3) is 0. The molecular weight excluding hydrogens is 200 g/mol. The van der Waals surface area contributed by atoms with Gasteiger partial charge < -0.3 is 5.11 Å². The summed E-state index contributed by atoms with van der Waals surface area (Å²) in [5, 5.41) is 17.3. The van der Waals surface area contributed by atoms with Crippen LogP contribution in [0.3, 0.4) is 0 Å². The maximum atomic E-state index is 9.10. The molecule has 14 heavy (non-hydrogen) atoms. The summed E-state index contributed by atoms with van der Waals surface area (Å²) in [5.41, 5.74) is 1.57. The molecule has 4 heteroatoms. The second-order valence-electron chi connectivity index (χ2n) is 2.81. The molecule has 0 aliphatic carbocycles. The van der Waals surface area contributed by atoms with Crippen LogP contribution in [0.4, 0.5) is 0 Å². The molecule has 2 rings (SSSR count). The van der Waals surface area contributed by atoms with Crippen molar-refractivity contribution in [1.29, 1.82) is 0 Å².